The fourth-order valence-electron chi connectivity index (χ4n) is 2.46. The summed E-state index contributed by atoms with van der Waals surface area (Å²) in [6.45, 7) is 4.45. The fourth-order valence-corrected chi connectivity index (χ4v) is 4.30. The molecule has 0 bridgehead atoms. The molecule has 4 nitrogen and oxygen atoms in total. The van der Waals surface area contributed by atoms with E-state index in [1.165, 1.54) is 0 Å². The van der Waals surface area contributed by atoms with Crippen molar-refractivity contribution in [2.45, 2.75) is 25.5 Å². The Kier molecular flexibility index (Phi) is 7.43. The predicted molar refractivity (Wildman–Crippen MR) is 94.5 cm³/mol. The van der Waals surface area contributed by atoms with E-state index in [-0.39, 0.29) is 23.6 Å². The minimum atomic E-state index is -3.39. The van der Waals surface area contributed by atoms with Crippen LogP contribution in [0.4, 0.5) is 0 Å². The Morgan fingerprint density at radius 1 is 1.18 bits per heavy atom. The molecular weight excluding hydrogens is 367 g/mol. The summed E-state index contributed by atoms with van der Waals surface area (Å²) in [5.74, 6) is -0.110. The second-order valence-electron chi connectivity index (χ2n) is 5.92. The third-order valence-corrected chi connectivity index (χ3v) is 5.54. The molecule has 0 atom stereocenters. The van der Waals surface area contributed by atoms with Crippen LogP contribution in [-0.2, 0) is 15.8 Å². The van der Waals surface area contributed by atoms with E-state index in [0.717, 1.165) is 25.9 Å². The molecule has 0 aliphatic carbocycles. The molecule has 0 spiro atoms. The molecule has 0 amide bonds. The van der Waals surface area contributed by atoms with Gasteiger partial charge in [0.2, 0.25) is 10.0 Å². The number of halogens is 3. The molecule has 2 rings (SSSR count). The summed E-state index contributed by atoms with van der Waals surface area (Å²) in [6.07, 6.45) is 1.94. The lowest BCUT2D eigenvalue weighted by atomic mass is 9.81. The molecule has 22 heavy (non-hydrogen) atoms. The van der Waals surface area contributed by atoms with E-state index in [1.807, 2.05) is 0 Å². The molecule has 1 aliphatic rings. The monoisotopic (exact) mass is 386 g/mol. The van der Waals surface area contributed by atoms with E-state index in [2.05, 4.69) is 17.0 Å². The number of rotatable bonds is 5. The number of hydrogen-bond donors (Lipinski definition) is 2. The van der Waals surface area contributed by atoms with E-state index in [1.54, 1.807) is 18.2 Å². The molecule has 1 saturated heterocycles. The molecule has 0 unspecified atom stereocenters. The highest BCUT2D eigenvalue weighted by Crippen LogP contribution is 2.27. The van der Waals surface area contributed by atoms with Gasteiger partial charge in [0, 0.05) is 16.6 Å². The van der Waals surface area contributed by atoms with Gasteiger partial charge in [-0.15, -0.1) is 12.4 Å². The Bertz CT molecular complexity index is 582. The van der Waals surface area contributed by atoms with Crippen LogP contribution < -0.4 is 10.0 Å². The minimum Gasteiger partial charge on any atom is -0.317 e. The summed E-state index contributed by atoms with van der Waals surface area (Å²) >= 11 is 11.8. The molecule has 1 fully saturated rings. The Balaban J connectivity index is 0.00000242. The van der Waals surface area contributed by atoms with Crippen molar-refractivity contribution in [1.82, 2.24) is 10.0 Å². The van der Waals surface area contributed by atoms with Crippen LogP contribution in [0.3, 0.4) is 0 Å². The SMILES string of the molecule is CC1(CNS(=O)(=O)Cc2cc(Cl)cc(Cl)c2)CCNCC1.Cl. The molecule has 126 valence electrons. The lowest BCUT2D eigenvalue weighted by Crippen LogP contribution is -2.43. The first-order valence-electron chi connectivity index (χ1n) is 6.91. The fraction of sp³-hybridized carbons (Fsp3) is 0.571. The second kappa shape index (κ2) is 8.18. The van der Waals surface area contributed by atoms with Gasteiger partial charge in [0.05, 0.1) is 5.75 Å². The number of piperidine rings is 1. The van der Waals surface area contributed by atoms with Crippen LogP contribution in [0.5, 0.6) is 0 Å². The largest absolute Gasteiger partial charge is 0.317 e. The molecular formula is C14H21Cl3N2O2S. The summed E-state index contributed by atoms with van der Waals surface area (Å²) < 4.78 is 27.1. The average Bonchev–Trinajstić information content (AvgIpc) is 2.36. The Morgan fingerprint density at radius 2 is 1.73 bits per heavy atom. The molecule has 1 aromatic rings. The van der Waals surface area contributed by atoms with Gasteiger partial charge in [-0.3, -0.25) is 0 Å². The lowest BCUT2D eigenvalue weighted by Gasteiger charge is -2.34. The summed E-state index contributed by atoms with van der Waals surface area (Å²) in [4.78, 5) is 0. The van der Waals surface area contributed by atoms with Crippen LogP contribution in [0.1, 0.15) is 25.3 Å². The zero-order valence-corrected chi connectivity index (χ0v) is 15.5. The van der Waals surface area contributed by atoms with Gasteiger partial charge in [0.1, 0.15) is 0 Å². The predicted octanol–water partition coefficient (Wildman–Crippen LogP) is 3.22. The highest BCUT2D eigenvalue weighted by atomic mass is 35.5. The van der Waals surface area contributed by atoms with Crippen LogP contribution in [0.2, 0.25) is 10.0 Å². The molecule has 1 aromatic carbocycles. The quantitative estimate of drug-likeness (QED) is 0.815. The van der Waals surface area contributed by atoms with E-state index in [0.29, 0.717) is 22.2 Å². The summed E-state index contributed by atoms with van der Waals surface area (Å²) in [6, 6.07) is 4.83. The molecule has 1 aliphatic heterocycles. The van der Waals surface area contributed by atoms with Crippen LogP contribution in [-0.4, -0.2) is 28.1 Å². The first-order chi connectivity index (χ1) is 9.78. The van der Waals surface area contributed by atoms with Crippen molar-refractivity contribution in [3.8, 4) is 0 Å². The van der Waals surface area contributed by atoms with Crippen molar-refractivity contribution >= 4 is 45.6 Å². The van der Waals surface area contributed by atoms with Crippen molar-refractivity contribution in [3.63, 3.8) is 0 Å². The highest BCUT2D eigenvalue weighted by molar-refractivity contribution is 7.88. The van der Waals surface area contributed by atoms with Crippen molar-refractivity contribution in [2.75, 3.05) is 19.6 Å². The topological polar surface area (TPSA) is 58.2 Å². The lowest BCUT2D eigenvalue weighted by molar-refractivity contribution is 0.232. The van der Waals surface area contributed by atoms with Gasteiger partial charge in [0.15, 0.2) is 0 Å². The highest BCUT2D eigenvalue weighted by Gasteiger charge is 2.28. The molecule has 2 N–H and O–H groups in total. The standard InChI is InChI=1S/C14H20Cl2N2O2S.ClH/c1-14(2-4-17-5-3-14)10-18-21(19,20)9-11-6-12(15)8-13(16)7-11;/h6-8,17-18H,2-5,9-10H2,1H3;1H. The maximum atomic E-state index is 12.2. The van der Waals surface area contributed by atoms with Gasteiger partial charge < -0.3 is 5.32 Å². The van der Waals surface area contributed by atoms with Crippen LogP contribution >= 0.6 is 35.6 Å². The third-order valence-electron chi connectivity index (χ3n) is 3.81. The van der Waals surface area contributed by atoms with Crippen molar-refractivity contribution in [2.24, 2.45) is 5.41 Å². The average molecular weight is 388 g/mol. The third kappa shape index (κ3) is 6.22. The van der Waals surface area contributed by atoms with Gasteiger partial charge in [-0.2, -0.15) is 0 Å². The van der Waals surface area contributed by atoms with Crippen molar-refractivity contribution < 1.29 is 8.42 Å². The first-order valence-corrected chi connectivity index (χ1v) is 9.32. The number of hydrogen-bond acceptors (Lipinski definition) is 3. The van der Waals surface area contributed by atoms with Crippen LogP contribution in [0.15, 0.2) is 18.2 Å². The summed E-state index contributed by atoms with van der Waals surface area (Å²) in [5, 5.41) is 4.17. The zero-order chi connectivity index (χ0) is 15.5. The Hall–Kier alpha value is -0.0400. The minimum absolute atomic E-state index is 0. The maximum absolute atomic E-state index is 12.2. The van der Waals surface area contributed by atoms with Gasteiger partial charge >= 0.3 is 0 Å². The molecule has 0 radical (unpaired) electrons. The molecule has 1 heterocycles. The van der Waals surface area contributed by atoms with Gasteiger partial charge in [0.25, 0.3) is 0 Å². The van der Waals surface area contributed by atoms with E-state index >= 15 is 0 Å². The number of benzene rings is 1. The molecule has 0 aromatic heterocycles. The smallest absolute Gasteiger partial charge is 0.215 e. The van der Waals surface area contributed by atoms with Gasteiger partial charge in [-0.25, -0.2) is 13.1 Å². The van der Waals surface area contributed by atoms with E-state index in [4.69, 9.17) is 23.2 Å². The summed E-state index contributed by atoms with van der Waals surface area (Å²) in [5.41, 5.74) is 0.611. The van der Waals surface area contributed by atoms with Crippen LogP contribution in [0, 0.1) is 5.41 Å². The Morgan fingerprint density at radius 3 is 2.27 bits per heavy atom. The molecule has 8 heteroatoms. The van der Waals surface area contributed by atoms with E-state index < -0.39 is 10.0 Å². The number of nitrogens with one attached hydrogen (secondary N) is 2. The number of sulfonamides is 1. The van der Waals surface area contributed by atoms with E-state index in [9.17, 15) is 8.42 Å². The molecule has 0 saturated carbocycles. The second-order valence-corrected chi connectivity index (χ2v) is 8.60. The van der Waals surface area contributed by atoms with Gasteiger partial charge in [-0.1, -0.05) is 30.1 Å². The maximum Gasteiger partial charge on any atom is 0.215 e. The normalized spacial score (nSPS) is 17.8. The van der Waals surface area contributed by atoms with Gasteiger partial charge in [-0.05, 0) is 55.1 Å². The van der Waals surface area contributed by atoms with Crippen LogP contribution in [0.25, 0.3) is 0 Å². The van der Waals surface area contributed by atoms with Crippen molar-refractivity contribution in [1.29, 1.82) is 0 Å². The van der Waals surface area contributed by atoms with Crippen molar-refractivity contribution in [3.05, 3.63) is 33.8 Å². The summed E-state index contributed by atoms with van der Waals surface area (Å²) in [7, 11) is -3.39. The first kappa shape index (κ1) is 20.0. The Labute approximate surface area is 148 Å². The zero-order valence-electron chi connectivity index (χ0n) is 12.4.